The Kier molecular flexibility index (Phi) is 11.1. The molecule has 3 aromatic rings. The number of morpholine rings is 1. The van der Waals surface area contributed by atoms with Gasteiger partial charge in [-0.3, -0.25) is 10.3 Å². The van der Waals surface area contributed by atoms with Crippen LogP contribution in [0.5, 0.6) is 11.5 Å². The van der Waals surface area contributed by atoms with E-state index in [4.69, 9.17) is 30.3 Å². The fourth-order valence-electron chi connectivity index (χ4n) is 5.57. The van der Waals surface area contributed by atoms with Crippen molar-refractivity contribution in [2.45, 2.75) is 63.7 Å². The zero-order valence-electron chi connectivity index (χ0n) is 24.1. The molecule has 7 nitrogen and oxygen atoms in total. The van der Waals surface area contributed by atoms with Crippen molar-refractivity contribution in [2.75, 3.05) is 46.1 Å². The van der Waals surface area contributed by atoms with Crippen molar-refractivity contribution in [2.24, 2.45) is 5.73 Å². The number of rotatable bonds is 14. The van der Waals surface area contributed by atoms with Gasteiger partial charge in [0.2, 0.25) is 0 Å². The summed E-state index contributed by atoms with van der Waals surface area (Å²) in [5.41, 5.74) is 8.58. The molecule has 8 heteroatoms. The Hall–Kier alpha value is -2.94. The highest BCUT2D eigenvalue weighted by molar-refractivity contribution is 7.12. The predicted octanol–water partition coefficient (Wildman–Crippen LogP) is 6.64. The Morgan fingerprint density at radius 3 is 2.17 bits per heavy atom. The topological polar surface area (TPSA) is 93.7 Å². The first kappa shape index (κ1) is 29.5. The molecule has 2 fully saturated rings. The van der Waals surface area contributed by atoms with Gasteiger partial charge < -0.3 is 19.9 Å². The van der Waals surface area contributed by atoms with Gasteiger partial charge >= 0.3 is 0 Å². The Bertz CT molecular complexity index is 1220. The molecule has 0 radical (unpaired) electrons. The van der Waals surface area contributed by atoms with Gasteiger partial charge in [-0.25, -0.2) is 4.98 Å². The molecule has 0 atom stereocenters. The molecule has 3 N–H and O–H groups in total. The highest BCUT2D eigenvalue weighted by atomic mass is 32.1. The first-order chi connectivity index (χ1) is 20.2. The number of nitrogens with zero attached hydrogens (tertiary/aromatic N) is 2. The highest BCUT2D eigenvalue weighted by Gasteiger charge is 2.23. The summed E-state index contributed by atoms with van der Waals surface area (Å²) >= 11 is 1.95. The molecule has 1 aliphatic carbocycles. The van der Waals surface area contributed by atoms with Crippen LogP contribution in [0.15, 0.2) is 48.5 Å². The molecular weight excluding hydrogens is 532 g/mol. The fraction of sp³-hybridized carbons (Fsp3) is 0.515. The molecule has 1 aliphatic heterocycles. The minimum absolute atomic E-state index is 0.0716. The van der Waals surface area contributed by atoms with E-state index in [9.17, 15) is 0 Å². The van der Waals surface area contributed by atoms with Crippen molar-refractivity contribution in [1.82, 2.24) is 9.88 Å². The van der Waals surface area contributed by atoms with Gasteiger partial charge in [0.25, 0.3) is 0 Å². The van der Waals surface area contributed by atoms with Gasteiger partial charge in [0.1, 0.15) is 17.3 Å². The van der Waals surface area contributed by atoms with Crippen LogP contribution in [0.2, 0.25) is 0 Å². The Morgan fingerprint density at radius 1 is 0.902 bits per heavy atom. The average molecular weight is 577 g/mol. The number of hydrogen-bond donors (Lipinski definition) is 2. The molecule has 1 saturated carbocycles. The smallest absolute Gasteiger partial charge is 0.122 e. The van der Waals surface area contributed by atoms with Crippen molar-refractivity contribution in [3.05, 3.63) is 64.0 Å². The lowest BCUT2D eigenvalue weighted by Gasteiger charge is -2.26. The van der Waals surface area contributed by atoms with Crippen LogP contribution in [-0.2, 0) is 11.2 Å². The molecule has 0 spiro atoms. The maximum absolute atomic E-state index is 7.46. The second-order valence-corrected chi connectivity index (χ2v) is 12.2. The SMILES string of the molecule is N=C(N)c1ccc(OCCCCCOc2ccc(-c3nc(C4CCCCC4)sc3CCN3CCOCC3)cc2)cc1. The summed E-state index contributed by atoms with van der Waals surface area (Å²) in [5.74, 6) is 2.42. The van der Waals surface area contributed by atoms with Gasteiger partial charge in [-0.15, -0.1) is 11.3 Å². The maximum Gasteiger partial charge on any atom is 0.122 e. The lowest BCUT2D eigenvalue weighted by atomic mass is 9.90. The van der Waals surface area contributed by atoms with E-state index in [-0.39, 0.29) is 5.84 Å². The van der Waals surface area contributed by atoms with E-state index in [0.29, 0.717) is 24.7 Å². The lowest BCUT2D eigenvalue weighted by molar-refractivity contribution is 0.0385. The van der Waals surface area contributed by atoms with Crippen LogP contribution in [-0.4, -0.2) is 61.8 Å². The van der Waals surface area contributed by atoms with Gasteiger partial charge in [0.05, 0.1) is 37.1 Å². The van der Waals surface area contributed by atoms with Crippen molar-refractivity contribution in [3.63, 3.8) is 0 Å². The van der Waals surface area contributed by atoms with E-state index in [1.165, 1.54) is 53.2 Å². The van der Waals surface area contributed by atoms with E-state index >= 15 is 0 Å². The van der Waals surface area contributed by atoms with E-state index in [0.717, 1.165) is 70.0 Å². The third-order valence-electron chi connectivity index (χ3n) is 8.05. The number of amidine groups is 1. The normalized spacial score (nSPS) is 16.5. The number of ether oxygens (including phenoxy) is 3. The number of nitrogens with one attached hydrogen (secondary N) is 1. The first-order valence-electron chi connectivity index (χ1n) is 15.3. The van der Waals surface area contributed by atoms with Gasteiger partial charge in [-0.1, -0.05) is 19.3 Å². The number of aromatic nitrogens is 1. The fourth-order valence-corrected chi connectivity index (χ4v) is 6.82. The number of nitrogen functional groups attached to an aromatic ring is 1. The van der Waals surface area contributed by atoms with Gasteiger partial charge in [-0.05, 0) is 87.1 Å². The minimum Gasteiger partial charge on any atom is -0.494 e. The Labute approximate surface area is 248 Å². The molecule has 1 aromatic heterocycles. The molecular formula is C33H44N4O3S. The number of benzene rings is 2. The van der Waals surface area contributed by atoms with Gasteiger partial charge in [-0.2, -0.15) is 0 Å². The molecule has 0 bridgehead atoms. The van der Waals surface area contributed by atoms with Crippen LogP contribution in [0, 0.1) is 5.41 Å². The summed E-state index contributed by atoms with van der Waals surface area (Å²) in [6.45, 7) is 6.17. The van der Waals surface area contributed by atoms with Crippen LogP contribution < -0.4 is 15.2 Å². The van der Waals surface area contributed by atoms with E-state index in [2.05, 4.69) is 29.2 Å². The number of unbranched alkanes of at least 4 members (excludes halogenated alkanes) is 2. The maximum atomic E-state index is 7.46. The van der Waals surface area contributed by atoms with E-state index < -0.39 is 0 Å². The zero-order valence-corrected chi connectivity index (χ0v) is 24.9. The molecule has 5 rings (SSSR count). The Morgan fingerprint density at radius 2 is 1.54 bits per heavy atom. The van der Waals surface area contributed by atoms with Crippen LogP contribution in [0.3, 0.4) is 0 Å². The summed E-state index contributed by atoms with van der Waals surface area (Å²) in [6, 6.07) is 15.9. The van der Waals surface area contributed by atoms with Crippen LogP contribution >= 0.6 is 11.3 Å². The second-order valence-electron chi connectivity index (χ2n) is 11.1. The summed E-state index contributed by atoms with van der Waals surface area (Å²) in [7, 11) is 0. The first-order valence-corrected chi connectivity index (χ1v) is 16.1. The average Bonchev–Trinajstić information content (AvgIpc) is 3.45. The molecule has 2 aliphatic rings. The Balaban J connectivity index is 1.09. The number of thiazole rings is 1. The third kappa shape index (κ3) is 8.77. The molecule has 1 saturated heterocycles. The van der Waals surface area contributed by atoms with Crippen LogP contribution in [0.4, 0.5) is 0 Å². The van der Waals surface area contributed by atoms with Crippen molar-refractivity contribution >= 4 is 17.2 Å². The molecule has 2 aromatic carbocycles. The summed E-state index contributed by atoms with van der Waals surface area (Å²) < 4.78 is 17.4. The van der Waals surface area contributed by atoms with Crippen molar-refractivity contribution in [3.8, 4) is 22.8 Å². The molecule has 0 unspecified atom stereocenters. The molecule has 2 heterocycles. The monoisotopic (exact) mass is 576 g/mol. The predicted molar refractivity (Wildman–Crippen MR) is 167 cm³/mol. The second kappa shape index (κ2) is 15.3. The number of nitrogens with two attached hydrogens (primary N) is 1. The van der Waals surface area contributed by atoms with Gasteiger partial charge in [0, 0.05) is 41.6 Å². The van der Waals surface area contributed by atoms with Crippen molar-refractivity contribution < 1.29 is 14.2 Å². The third-order valence-corrected chi connectivity index (χ3v) is 9.32. The van der Waals surface area contributed by atoms with Crippen LogP contribution in [0.1, 0.15) is 72.7 Å². The summed E-state index contributed by atoms with van der Waals surface area (Å²) in [4.78, 5) is 9.18. The van der Waals surface area contributed by atoms with E-state index in [1.807, 2.05) is 35.6 Å². The van der Waals surface area contributed by atoms with E-state index in [1.54, 1.807) is 0 Å². The zero-order chi connectivity index (χ0) is 28.3. The molecule has 0 amide bonds. The standard InChI is InChI=1S/C33H44N4O3S/c34-32(35)26-11-15-29(16-12-26)40-22-6-2-5-21-39-28-13-9-25(10-14-28)31-30(17-18-37-19-23-38-24-20-37)41-33(36-31)27-7-3-1-4-8-27/h9-16,27H,1-8,17-24H2,(H3,34,35). The van der Waals surface area contributed by atoms with Crippen molar-refractivity contribution in [1.29, 1.82) is 5.41 Å². The lowest BCUT2D eigenvalue weighted by Crippen LogP contribution is -2.37. The highest BCUT2D eigenvalue weighted by Crippen LogP contribution is 2.39. The molecule has 41 heavy (non-hydrogen) atoms. The number of hydrogen-bond acceptors (Lipinski definition) is 7. The largest absolute Gasteiger partial charge is 0.494 e. The molecule has 220 valence electrons. The quantitative estimate of drug-likeness (QED) is 0.127. The van der Waals surface area contributed by atoms with Gasteiger partial charge in [0.15, 0.2) is 0 Å². The summed E-state index contributed by atoms with van der Waals surface area (Å²) in [5, 5.41) is 8.80. The van der Waals surface area contributed by atoms with Crippen LogP contribution in [0.25, 0.3) is 11.3 Å². The summed E-state index contributed by atoms with van der Waals surface area (Å²) in [6.07, 6.45) is 10.6. The minimum atomic E-state index is 0.0716.